The van der Waals surface area contributed by atoms with Gasteiger partial charge in [-0.3, -0.25) is 4.79 Å². The maximum Gasteiger partial charge on any atom is 0.243 e. The lowest BCUT2D eigenvalue weighted by molar-refractivity contribution is -0.125. The monoisotopic (exact) mass is 428 g/mol. The number of nitrogens with one attached hydrogen (secondary N) is 1. The van der Waals surface area contributed by atoms with Crippen molar-refractivity contribution in [1.82, 2.24) is 9.62 Å². The molecule has 1 atom stereocenters. The number of hydrogen-bond donors (Lipinski definition) is 1. The minimum absolute atomic E-state index is 0.134. The highest BCUT2D eigenvalue weighted by Crippen LogP contribution is 2.27. The van der Waals surface area contributed by atoms with Crippen LogP contribution in [0.15, 0.2) is 33.6 Å². The Kier molecular flexibility index (Phi) is 6.17. The minimum atomic E-state index is -3.65. The molecule has 0 radical (unpaired) electrons. The van der Waals surface area contributed by atoms with Gasteiger partial charge in [-0.15, -0.1) is 0 Å². The van der Waals surface area contributed by atoms with Gasteiger partial charge >= 0.3 is 0 Å². The van der Waals surface area contributed by atoms with E-state index in [9.17, 15) is 13.2 Å². The van der Waals surface area contributed by atoms with Crippen LogP contribution in [-0.4, -0.2) is 37.3 Å². The number of hydrogen-bond acceptors (Lipinski definition) is 3. The zero-order chi connectivity index (χ0) is 17.9. The number of amides is 1. The lowest BCUT2D eigenvalue weighted by Gasteiger charge is -2.25. The zero-order valence-corrected chi connectivity index (χ0v) is 16.7. The molecule has 1 aliphatic carbocycles. The Balaban J connectivity index is 1.72. The Labute approximate surface area is 158 Å². The average Bonchev–Trinajstić information content (AvgIpc) is 2.96. The summed E-state index contributed by atoms with van der Waals surface area (Å²) in [4.78, 5) is 13.0. The summed E-state index contributed by atoms with van der Waals surface area (Å²) in [7, 11) is -3.65. The summed E-state index contributed by atoms with van der Waals surface area (Å²) in [5, 5.41) is 3.11. The van der Waals surface area contributed by atoms with Crippen molar-refractivity contribution >= 4 is 31.9 Å². The van der Waals surface area contributed by atoms with Crippen molar-refractivity contribution in [2.45, 2.75) is 68.3 Å². The van der Waals surface area contributed by atoms with E-state index in [2.05, 4.69) is 21.2 Å². The van der Waals surface area contributed by atoms with Crippen LogP contribution in [0.1, 0.15) is 51.4 Å². The molecule has 138 valence electrons. The molecule has 1 N–H and O–H groups in total. The zero-order valence-electron chi connectivity index (χ0n) is 14.3. The van der Waals surface area contributed by atoms with Crippen LogP contribution in [0.5, 0.6) is 0 Å². The van der Waals surface area contributed by atoms with Crippen LogP contribution in [-0.2, 0) is 14.8 Å². The smallest absolute Gasteiger partial charge is 0.243 e. The Morgan fingerprint density at radius 2 is 1.64 bits per heavy atom. The number of sulfonamides is 1. The summed E-state index contributed by atoms with van der Waals surface area (Å²) in [6.07, 6.45) is 8.02. The van der Waals surface area contributed by atoms with E-state index in [1.54, 1.807) is 24.3 Å². The van der Waals surface area contributed by atoms with Crippen LogP contribution in [0.2, 0.25) is 0 Å². The Bertz CT molecular complexity index is 698. The van der Waals surface area contributed by atoms with Gasteiger partial charge in [0.05, 0.1) is 4.90 Å². The molecule has 5 nitrogen and oxygen atoms in total. The first-order valence-corrected chi connectivity index (χ1v) is 11.3. The lowest BCUT2D eigenvalue weighted by Crippen LogP contribution is -2.48. The van der Waals surface area contributed by atoms with Gasteiger partial charge in [-0.2, -0.15) is 4.31 Å². The highest BCUT2D eigenvalue weighted by Gasteiger charge is 2.39. The summed E-state index contributed by atoms with van der Waals surface area (Å²) >= 11 is 3.32. The van der Waals surface area contributed by atoms with Gasteiger partial charge in [0.2, 0.25) is 15.9 Å². The average molecular weight is 429 g/mol. The number of nitrogens with zero attached hydrogens (tertiary/aromatic N) is 1. The van der Waals surface area contributed by atoms with E-state index in [1.807, 2.05) is 0 Å². The van der Waals surface area contributed by atoms with Crippen LogP contribution >= 0.6 is 15.9 Å². The van der Waals surface area contributed by atoms with Gasteiger partial charge in [0.25, 0.3) is 0 Å². The van der Waals surface area contributed by atoms with Gasteiger partial charge < -0.3 is 5.32 Å². The minimum Gasteiger partial charge on any atom is -0.352 e. The first kappa shape index (κ1) is 18.9. The summed E-state index contributed by atoms with van der Waals surface area (Å²) in [5.74, 6) is -0.134. The largest absolute Gasteiger partial charge is 0.352 e. The molecule has 2 fully saturated rings. The predicted octanol–water partition coefficient (Wildman–Crippen LogP) is 3.44. The molecule has 7 heteroatoms. The van der Waals surface area contributed by atoms with Crippen molar-refractivity contribution in [3.05, 3.63) is 28.7 Å². The summed E-state index contributed by atoms with van der Waals surface area (Å²) in [6.45, 7) is 0.404. The second-order valence-corrected chi connectivity index (χ2v) is 9.73. The number of halogens is 1. The first-order valence-electron chi connectivity index (χ1n) is 9.06. The predicted molar refractivity (Wildman–Crippen MR) is 101 cm³/mol. The molecule has 0 bridgehead atoms. The van der Waals surface area contributed by atoms with E-state index in [-0.39, 0.29) is 16.8 Å². The molecular weight excluding hydrogens is 404 g/mol. The van der Waals surface area contributed by atoms with Gasteiger partial charge in [-0.05, 0) is 49.9 Å². The van der Waals surface area contributed by atoms with Crippen molar-refractivity contribution < 1.29 is 13.2 Å². The van der Waals surface area contributed by atoms with Crippen molar-refractivity contribution in [3.8, 4) is 0 Å². The maximum atomic E-state index is 12.9. The topological polar surface area (TPSA) is 66.5 Å². The molecule has 1 aromatic carbocycles. The van der Waals surface area contributed by atoms with Gasteiger partial charge in [-0.25, -0.2) is 8.42 Å². The second kappa shape index (κ2) is 8.18. The molecule has 1 aromatic rings. The number of carbonyl (C=O) groups is 1. The number of carbonyl (C=O) groups excluding carboxylic acids is 1. The van der Waals surface area contributed by atoms with Gasteiger partial charge in [0.15, 0.2) is 0 Å². The fourth-order valence-corrected chi connectivity index (χ4v) is 5.67. The van der Waals surface area contributed by atoms with Gasteiger partial charge in [0, 0.05) is 17.1 Å². The molecule has 0 aromatic heterocycles. The Morgan fingerprint density at radius 1 is 1.00 bits per heavy atom. The van der Waals surface area contributed by atoms with Gasteiger partial charge in [0.1, 0.15) is 6.04 Å². The molecule has 3 rings (SSSR count). The highest BCUT2D eigenvalue weighted by molar-refractivity contribution is 9.10. The van der Waals surface area contributed by atoms with Crippen LogP contribution < -0.4 is 5.32 Å². The fraction of sp³-hybridized carbons (Fsp3) is 0.611. The van der Waals surface area contributed by atoms with E-state index >= 15 is 0 Å². The second-order valence-electron chi connectivity index (χ2n) is 6.92. The van der Waals surface area contributed by atoms with E-state index in [0.717, 1.165) is 36.6 Å². The third kappa shape index (κ3) is 4.44. The Hall–Kier alpha value is -0.920. The SMILES string of the molecule is O=C(NC1CCCCCC1)C1CCCN1S(=O)(=O)c1ccc(Br)cc1. The molecule has 1 unspecified atom stereocenters. The molecule has 2 aliphatic rings. The van der Waals surface area contributed by atoms with Crippen LogP contribution in [0.4, 0.5) is 0 Å². The molecule has 1 saturated carbocycles. The molecule has 1 amide bonds. The third-order valence-corrected chi connectivity index (χ3v) is 7.58. The highest BCUT2D eigenvalue weighted by atomic mass is 79.9. The van der Waals surface area contributed by atoms with Crippen molar-refractivity contribution in [3.63, 3.8) is 0 Å². The van der Waals surface area contributed by atoms with Crippen LogP contribution in [0.25, 0.3) is 0 Å². The quantitative estimate of drug-likeness (QED) is 0.746. The lowest BCUT2D eigenvalue weighted by atomic mass is 10.1. The molecular formula is C18H25BrN2O3S. The molecule has 1 aliphatic heterocycles. The van der Waals surface area contributed by atoms with E-state index in [4.69, 9.17) is 0 Å². The standard InChI is InChI=1S/C18H25BrN2O3S/c19-14-9-11-16(12-10-14)25(23,24)21-13-5-8-17(21)18(22)20-15-6-3-1-2-4-7-15/h9-12,15,17H,1-8,13H2,(H,20,22). The van der Waals surface area contributed by atoms with E-state index in [0.29, 0.717) is 13.0 Å². The molecule has 1 saturated heterocycles. The van der Waals surface area contributed by atoms with Crippen molar-refractivity contribution in [2.24, 2.45) is 0 Å². The summed E-state index contributed by atoms with van der Waals surface area (Å²) in [6, 6.07) is 6.19. The van der Waals surface area contributed by atoms with Crippen LogP contribution in [0, 0.1) is 0 Å². The molecule has 0 spiro atoms. The summed E-state index contributed by atoms with van der Waals surface area (Å²) in [5.41, 5.74) is 0. The molecule has 1 heterocycles. The summed E-state index contributed by atoms with van der Waals surface area (Å²) < 4.78 is 28.1. The van der Waals surface area contributed by atoms with Crippen LogP contribution in [0.3, 0.4) is 0 Å². The third-order valence-electron chi connectivity index (χ3n) is 5.13. The number of benzene rings is 1. The van der Waals surface area contributed by atoms with E-state index < -0.39 is 16.1 Å². The fourth-order valence-electron chi connectivity index (χ4n) is 3.75. The van der Waals surface area contributed by atoms with Crippen molar-refractivity contribution in [1.29, 1.82) is 0 Å². The Morgan fingerprint density at radius 3 is 2.28 bits per heavy atom. The molecule has 25 heavy (non-hydrogen) atoms. The van der Waals surface area contributed by atoms with Crippen molar-refractivity contribution in [2.75, 3.05) is 6.54 Å². The number of rotatable bonds is 4. The maximum absolute atomic E-state index is 12.9. The first-order chi connectivity index (χ1) is 12.0. The van der Waals surface area contributed by atoms with E-state index in [1.165, 1.54) is 17.1 Å². The normalized spacial score (nSPS) is 23.3. The van der Waals surface area contributed by atoms with Gasteiger partial charge in [-0.1, -0.05) is 41.6 Å².